The van der Waals surface area contributed by atoms with Crippen LogP contribution < -0.4 is 10.1 Å². The van der Waals surface area contributed by atoms with Crippen LogP contribution in [0.4, 0.5) is 5.69 Å². The molecule has 0 spiro atoms. The number of hydrogen-bond acceptors (Lipinski definition) is 5. The van der Waals surface area contributed by atoms with Crippen molar-refractivity contribution in [2.24, 2.45) is 0 Å². The lowest BCUT2D eigenvalue weighted by atomic mass is 10.2. The standard InChI is InChI=1S/C20H20BrN3O5S/c1-13-19(25)22-17-12-16(5-6-18(17)29-13)30(27,28)24-9-7-23(8-10-24)20(26)14-3-2-4-15(21)11-14/h2-6,11-13H,7-10H2,1H3,(H,22,25). The van der Waals surface area contributed by atoms with Gasteiger partial charge in [-0.15, -0.1) is 0 Å². The highest BCUT2D eigenvalue weighted by Crippen LogP contribution is 2.33. The molecule has 2 aliphatic rings. The average Bonchev–Trinajstić information content (AvgIpc) is 2.74. The molecule has 0 bridgehead atoms. The summed E-state index contributed by atoms with van der Waals surface area (Å²) >= 11 is 3.36. The van der Waals surface area contributed by atoms with Gasteiger partial charge in [0.05, 0.1) is 10.6 Å². The molecule has 2 aromatic rings. The number of piperazine rings is 1. The van der Waals surface area contributed by atoms with Gasteiger partial charge in [0.2, 0.25) is 10.0 Å². The fourth-order valence-electron chi connectivity index (χ4n) is 3.43. The quantitative estimate of drug-likeness (QED) is 0.707. The highest BCUT2D eigenvalue weighted by Gasteiger charge is 2.32. The summed E-state index contributed by atoms with van der Waals surface area (Å²) in [6, 6.07) is 11.5. The maximum atomic E-state index is 13.1. The van der Waals surface area contributed by atoms with E-state index >= 15 is 0 Å². The molecule has 0 aromatic heterocycles. The van der Waals surface area contributed by atoms with Gasteiger partial charge in [0.15, 0.2) is 6.10 Å². The van der Waals surface area contributed by atoms with Crippen LogP contribution in [0, 0.1) is 0 Å². The van der Waals surface area contributed by atoms with Crippen LogP contribution in [0.5, 0.6) is 5.75 Å². The van der Waals surface area contributed by atoms with E-state index in [2.05, 4.69) is 21.2 Å². The molecule has 1 fully saturated rings. The van der Waals surface area contributed by atoms with E-state index < -0.39 is 16.1 Å². The Balaban J connectivity index is 1.47. The second-order valence-electron chi connectivity index (χ2n) is 7.11. The fraction of sp³-hybridized carbons (Fsp3) is 0.300. The van der Waals surface area contributed by atoms with Crippen molar-refractivity contribution in [3.8, 4) is 5.75 Å². The lowest BCUT2D eigenvalue weighted by Gasteiger charge is -2.34. The number of anilines is 1. The van der Waals surface area contributed by atoms with Crippen LogP contribution in [0.25, 0.3) is 0 Å². The SMILES string of the molecule is CC1Oc2ccc(S(=O)(=O)N3CCN(C(=O)c4cccc(Br)c4)CC3)cc2NC1=O. The Morgan fingerprint density at radius 1 is 1.13 bits per heavy atom. The van der Waals surface area contributed by atoms with Gasteiger partial charge in [-0.2, -0.15) is 4.31 Å². The zero-order valence-electron chi connectivity index (χ0n) is 16.2. The number of hydrogen-bond donors (Lipinski definition) is 1. The molecule has 1 saturated heterocycles. The first-order chi connectivity index (χ1) is 14.3. The van der Waals surface area contributed by atoms with Gasteiger partial charge in [-0.05, 0) is 43.3 Å². The molecule has 30 heavy (non-hydrogen) atoms. The molecule has 2 heterocycles. The lowest BCUT2D eigenvalue weighted by Crippen LogP contribution is -2.50. The van der Waals surface area contributed by atoms with Crippen molar-refractivity contribution in [1.29, 1.82) is 0 Å². The first kappa shape index (κ1) is 20.8. The Morgan fingerprint density at radius 2 is 1.87 bits per heavy atom. The maximum Gasteiger partial charge on any atom is 0.265 e. The molecule has 1 atom stereocenters. The van der Waals surface area contributed by atoms with E-state index in [0.29, 0.717) is 30.1 Å². The third kappa shape index (κ3) is 3.94. The summed E-state index contributed by atoms with van der Waals surface area (Å²) in [5.74, 6) is -0.0154. The Bertz CT molecular complexity index is 1110. The molecule has 2 amide bonds. The minimum Gasteiger partial charge on any atom is -0.479 e. The highest BCUT2D eigenvalue weighted by molar-refractivity contribution is 9.10. The smallest absolute Gasteiger partial charge is 0.265 e. The number of nitrogens with zero attached hydrogens (tertiary/aromatic N) is 2. The van der Waals surface area contributed by atoms with E-state index in [-0.39, 0.29) is 29.8 Å². The minimum absolute atomic E-state index is 0.0754. The third-order valence-corrected chi connectivity index (χ3v) is 7.50. The molecule has 1 unspecified atom stereocenters. The largest absolute Gasteiger partial charge is 0.479 e. The summed E-state index contributed by atoms with van der Waals surface area (Å²) in [5.41, 5.74) is 0.892. The minimum atomic E-state index is -3.77. The number of carbonyl (C=O) groups is 2. The Labute approximate surface area is 183 Å². The van der Waals surface area contributed by atoms with Crippen molar-refractivity contribution in [1.82, 2.24) is 9.21 Å². The number of carbonyl (C=O) groups excluding carboxylic acids is 2. The van der Waals surface area contributed by atoms with Gasteiger partial charge in [-0.3, -0.25) is 9.59 Å². The summed E-state index contributed by atoms with van der Waals surface area (Å²) in [6.07, 6.45) is -0.629. The van der Waals surface area contributed by atoms with Crippen molar-refractivity contribution in [3.63, 3.8) is 0 Å². The number of halogens is 1. The second-order valence-corrected chi connectivity index (χ2v) is 9.97. The molecular formula is C20H20BrN3O5S. The van der Waals surface area contributed by atoms with Crippen LogP contribution in [0.2, 0.25) is 0 Å². The van der Waals surface area contributed by atoms with Crippen molar-refractivity contribution in [2.45, 2.75) is 17.9 Å². The monoisotopic (exact) mass is 493 g/mol. The molecule has 0 saturated carbocycles. The number of benzene rings is 2. The van der Waals surface area contributed by atoms with Gasteiger partial charge in [-0.1, -0.05) is 22.0 Å². The molecule has 1 N–H and O–H groups in total. The van der Waals surface area contributed by atoms with Gasteiger partial charge >= 0.3 is 0 Å². The zero-order valence-corrected chi connectivity index (χ0v) is 18.6. The van der Waals surface area contributed by atoms with Crippen LogP contribution in [0.3, 0.4) is 0 Å². The third-order valence-electron chi connectivity index (χ3n) is 5.12. The fourth-order valence-corrected chi connectivity index (χ4v) is 5.28. The Morgan fingerprint density at radius 3 is 2.57 bits per heavy atom. The van der Waals surface area contributed by atoms with E-state index in [4.69, 9.17) is 4.74 Å². The lowest BCUT2D eigenvalue weighted by molar-refractivity contribution is -0.122. The van der Waals surface area contributed by atoms with Gasteiger partial charge in [0, 0.05) is 36.2 Å². The highest BCUT2D eigenvalue weighted by atomic mass is 79.9. The summed E-state index contributed by atoms with van der Waals surface area (Å²) in [5, 5.41) is 2.67. The zero-order chi connectivity index (χ0) is 21.5. The maximum absolute atomic E-state index is 13.1. The predicted molar refractivity (Wildman–Crippen MR) is 114 cm³/mol. The van der Waals surface area contributed by atoms with Crippen molar-refractivity contribution >= 4 is 43.5 Å². The molecule has 0 aliphatic carbocycles. The van der Waals surface area contributed by atoms with E-state index in [1.54, 1.807) is 36.1 Å². The number of rotatable bonds is 3. The Hall–Kier alpha value is -2.43. The van der Waals surface area contributed by atoms with E-state index in [9.17, 15) is 18.0 Å². The van der Waals surface area contributed by atoms with Crippen LogP contribution in [0.1, 0.15) is 17.3 Å². The molecule has 2 aliphatic heterocycles. The van der Waals surface area contributed by atoms with Crippen molar-refractivity contribution < 1.29 is 22.7 Å². The van der Waals surface area contributed by atoms with Crippen LogP contribution >= 0.6 is 15.9 Å². The van der Waals surface area contributed by atoms with Crippen molar-refractivity contribution in [2.75, 3.05) is 31.5 Å². The first-order valence-electron chi connectivity index (χ1n) is 9.42. The van der Waals surface area contributed by atoms with Crippen LogP contribution in [-0.2, 0) is 14.8 Å². The number of fused-ring (bicyclic) bond motifs is 1. The topological polar surface area (TPSA) is 96.0 Å². The number of sulfonamides is 1. The van der Waals surface area contributed by atoms with E-state index in [1.807, 2.05) is 6.07 Å². The molecule has 8 nitrogen and oxygen atoms in total. The van der Waals surface area contributed by atoms with Gasteiger partial charge in [0.25, 0.3) is 11.8 Å². The van der Waals surface area contributed by atoms with Crippen LogP contribution in [0.15, 0.2) is 51.8 Å². The molecule has 2 aromatic carbocycles. The van der Waals surface area contributed by atoms with E-state index in [1.165, 1.54) is 16.4 Å². The average molecular weight is 494 g/mol. The molecule has 0 radical (unpaired) electrons. The number of nitrogens with one attached hydrogen (secondary N) is 1. The normalized spacial score (nSPS) is 19.6. The summed E-state index contributed by atoms with van der Waals surface area (Å²) in [7, 11) is -3.77. The van der Waals surface area contributed by atoms with E-state index in [0.717, 1.165) is 4.47 Å². The number of amides is 2. The molecule has 158 valence electrons. The Kier molecular flexibility index (Phi) is 5.56. The molecule has 10 heteroatoms. The van der Waals surface area contributed by atoms with Gasteiger partial charge < -0.3 is 15.0 Å². The molecule has 4 rings (SSSR count). The van der Waals surface area contributed by atoms with Crippen molar-refractivity contribution in [3.05, 3.63) is 52.5 Å². The van der Waals surface area contributed by atoms with Gasteiger partial charge in [0.1, 0.15) is 5.75 Å². The van der Waals surface area contributed by atoms with Gasteiger partial charge in [-0.25, -0.2) is 8.42 Å². The predicted octanol–water partition coefficient (Wildman–Crippen LogP) is 2.32. The molecular weight excluding hydrogens is 474 g/mol. The number of ether oxygens (including phenoxy) is 1. The summed E-state index contributed by atoms with van der Waals surface area (Å²) < 4.78 is 33.8. The first-order valence-corrected chi connectivity index (χ1v) is 11.7. The summed E-state index contributed by atoms with van der Waals surface area (Å²) in [6.45, 7) is 2.61. The van der Waals surface area contributed by atoms with Crippen LogP contribution in [-0.4, -0.2) is 61.7 Å². The second kappa shape index (κ2) is 8.01. The summed E-state index contributed by atoms with van der Waals surface area (Å²) in [4.78, 5) is 26.2.